The van der Waals surface area contributed by atoms with E-state index in [1.165, 1.54) is 6.26 Å². The molecule has 8 heteroatoms. The number of halogens is 1. The van der Waals surface area contributed by atoms with Crippen molar-refractivity contribution in [2.75, 3.05) is 13.3 Å². The number of aromatic nitrogens is 2. The van der Waals surface area contributed by atoms with Gasteiger partial charge in [0.1, 0.15) is 10.0 Å². The predicted molar refractivity (Wildman–Crippen MR) is 77.3 cm³/mol. The molecule has 1 aromatic rings. The smallest absolute Gasteiger partial charge is 0.151 e. The summed E-state index contributed by atoms with van der Waals surface area (Å²) in [6.07, 6.45) is 5.05. The second kappa shape index (κ2) is 6.03. The lowest BCUT2D eigenvalue weighted by Gasteiger charge is -2.36. The van der Waals surface area contributed by atoms with Crippen molar-refractivity contribution in [2.24, 2.45) is 0 Å². The van der Waals surface area contributed by atoms with Gasteiger partial charge in [-0.3, -0.25) is 4.90 Å². The Morgan fingerprint density at radius 2 is 2.11 bits per heavy atom. The molecule has 1 heterocycles. The van der Waals surface area contributed by atoms with Crippen molar-refractivity contribution in [3.8, 4) is 0 Å². The summed E-state index contributed by atoms with van der Waals surface area (Å²) in [5, 5.41) is 3.70. The minimum absolute atomic E-state index is 0.0431. The van der Waals surface area contributed by atoms with Crippen LogP contribution in [0, 0.1) is 0 Å². The first kappa shape index (κ1) is 15.2. The molecule has 0 radical (unpaired) electrons. The van der Waals surface area contributed by atoms with Gasteiger partial charge >= 0.3 is 0 Å². The zero-order valence-electron chi connectivity index (χ0n) is 11.0. The molecule has 1 fully saturated rings. The number of hydrogen-bond donors (Lipinski definition) is 0. The maximum atomic E-state index is 11.9. The van der Waals surface area contributed by atoms with Gasteiger partial charge in [0.15, 0.2) is 9.84 Å². The van der Waals surface area contributed by atoms with Crippen molar-refractivity contribution in [3.05, 3.63) is 10.0 Å². The molecule has 1 aliphatic rings. The summed E-state index contributed by atoms with van der Waals surface area (Å²) in [6, 6.07) is 0.0431. The number of rotatable bonds is 4. The first-order valence-electron chi connectivity index (χ1n) is 6.25. The fraction of sp³-hybridized carbons (Fsp3) is 0.818. The van der Waals surface area contributed by atoms with Crippen LogP contribution < -0.4 is 0 Å². The summed E-state index contributed by atoms with van der Waals surface area (Å²) in [6.45, 7) is 0.548. The van der Waals surface area contributed by atoms with Crippen molar-refractivity contribution in [3.63, 3.8) is 0 Å². The molecule has 19 heavy (non-hydrogen) atoms. The normalized spacial score (nSPS) is 24.8. The van der Waals surface area contributed by atoms with E-state index in [-0.39, 0.29) is 11.3 Å². The van der Waals surface area contributed by atoms with E-state index in [2.05, 4.69) is 9.59 Å². The molecule has 1 aromatic heterocycles. The molecule has 5 nitrogen and oxygen atoms in total. The Morgan fingerprint density at radius 1 is 1.42 bits per heavy atom. The molecule has 2 atom stereocenters. The molecule has 1 aliphatic carbocycles. The van der Waals surface area contributed by atoms with E-state index in [0.29, 0.717) is 10.9 Å². The van der Waals surface area contributed by atoms with Crippen molar-refractivity contribution in [1.29, 1.82) is 0 Å². The van der Waals surface area contributed by atoms with E-state index in [0.717, 1.165) is 42.9 Å². The zero-order valence-corrected chi connectivity index (χ0v) is 13.4. The van der Waals surface area contributed by atoms with E-state index >= 15 is 0 Å². The Hall–Kier alpha value is -0.240. The van der Waals surface area contributed by atoms with Crippen molar-refractivity contribution in [2.45, 2.75) is 43.5 Å². The lowest BCUT2D eigenvalue weighted by molar-refractivity contribution is 0.185. The molecule has 0 unspecified atom stereocenters. The first-order valence-corrected chi connectivity index (χ1v) is 9.36. The number of sulfone groups is 1. The van der Waals surface area contributed by atoms with E-state index in [1.807, 2.05) is 11.9 Å². The topological polar surface area (TPSA) is 63.2 Å². The Bertz CT molecular complexity index is 532. The van der Waals surface area contributed by atoms with Crippen LogP contribution in [0.15, 0.2) is 0 Å². The van der Waals surface area contributed by atoms with E-state index in [9.17, 15) is 8.42 Å². The zero-order chi connectivity index (χ0) is 14.0. The maximum Gasteiger partial charge on any atom is 0.151 e. The average molecular weight is 324 g/mol. The molecular formula is C11H18ClN3O2S2. The fourth-order valence-electron chi connectivity index (χ4n) is 2.73. The van der Waals surface area contributed by atoms with Crippen LogP contribution in [-0.4, -0.2) is 47.5 Å². The van der Waals surface area contributed by atoms with Gasteiger partial charge in [-0.2, -0.15) is 0 Å². The molecule has 0 spiro atoms. The van der Waals surface area contributed by atoms with Gasteiger partial charge in [-0.1, -0.05) is 28.9 Å². The Kier molecular flexibility index (Phi) is 4.81. The van der Waals surface area contributed by atoms with Crippen LogP contribution in [0.2, 0.25) is 4.34 Å². The monoisotopic (exact) mass is 323 g/mol. The van der Waals surface area contributed by atoms with Crippen molar-refractivity contribution >= 4 is 33.0 Å². The van der Waals surface area contributed by atoms with Gasteiger partial charge in [0.2, 0.25) is 0 Å². The van der Waals surface area contributed by atoms with Crippen LogP contribution in [0.5, 0.6) is 0 Å². The Balaban J connectivity index is 2.12. The number of nitrogens with zero attached hydrogens (tertiary/aromatic N) is 3. The number of hydrogen-bond acceptors (Lipinski definition) is 6. The molecule has 1 saturated carbocycles. The molecule has 0 saturated heterocycles. The van der Waals surface area contributed by atoms with E-state index < -0.39 is 9.84 Å². The summed E-state index contributed by atoms with van der Waals surface area (Å²) < 4.78 is 28.2. The lowest BCUT2D eigenvalue weighted by Crippen LogP contribution is -2.46. The third-order valence-corrected chi connectivity index (χ3v) is 6.33. The third kappa shape index (κ3) is 3.65. The highest BCUT2D eigenvalue weighted by Crippen LogP contribution is 2.29. The van der Waals surface area contributed by atoms with Crippen LogP contribution >= 0.6 is 23.1 Å². The van der Waals surface area contributed by atoms with Gasteiger partial charge in [-0.05, 0) is 19.9 Å². The van der Waals surface area contributed by atoms with Crippen LogP contribution in [0.25, 0.3) is 0 Å². The third-order valence-electron chi connectivity index (χ3n) is 3.69. The molecule has 0 N–H and O–H groups in total. The average Bonchev–Trinajstić information content (AvgIpc) is 2.74. The van der Waals surface area contributed by atoms with E-state index in [1.54, 1.807) is 0 Å². The van der Waals surface area contributed by atoms with Gasteiger partial charge in [-0.15, -0.1) is 5.10 Å². The Labute approximate surface area is 123 Å². The van der Waals surface area contributed by atoms with Gasteiger partial charge in [0.25, 0.3) is 0 Å². The summed E-state index contributed by atoms with van der Waals surface area (Å²) >= 11 is 7.16. The van der Waals surface area contributed by atoms with Gasteiger partial charge in [0.05, 0.1) is 5.25 Å². The van der Waals surface area contributed by atoms with Crippen LogP contribution in [0.3, 0.4) is 0 Å². The molecular weight excluding hydrogens is 306 g/mol. The SMILES string of the molecule is CN(Cc1nnsc1Cl)[C@@H]1CCCC[C@H]1S(C)(=O)=O. The molecule has 2 rings (SSSR count). The van der Waals surface area contributed by atoms with E-state index in [4.69, 9.17) is 11.6 Å². The lowest BCUT2D eigenvalue weighted by atomic mass is 9.94. The van der Waals surface area contributed by atoms with Crippen LogP contribution in [0.1, 0.15) is 31.4 Å². The summed E-state index contributed by atoms with van der Waals surface area (Å²) in [4.78, 5) is 2.05. The highest BCUT2D eigenvalue weighted by atomic mass is 35.5. The second-order valence-electron chi connectivity index (χ2n) is 5.13. The molecule has 0 aromatic carbocycles. The van der Waals surface area contributed by atoms with Crippen molar-refractivity contribution in [1.82, 2.24) is 14.5 Å². The highest BCUT2D eigenvalue weighted by Gasteiger charge is 2.35. The van der Waals surface area contributed by atoms with Crippen molar-refractivity contribution < 1.29 is 8.42 Å². The van der Waals surface area contributed by atoms with Crippen LogP contribution in [-0.2, 0) is 16.4 Å². The Morgan fingerprint density at radius 3 is 2.68 bits per heavy atom. The minimum atomic E-state index is -3.02. The largest absolute Gasteiger partial charge is 0.296 e. The van der Waals surface area contributed by atoms with Gasteiger partial charge < -0.3 is 0 Å². The van der Waals surface area contributed by atoms with Gasteiger partial charge in [-0.25, -0.2) is 8.42 Å². The first-order chi connectivity index (χ1) is 8.89. The maximum absolute atomic E-state index is 11.9. The van der Waals surface area contributed by atoms with Gasteiger partial charge in [0, 0.05) is 30.4 Å². The fourth-order valence-corrected chi connectivity index (χ4v) is 4.85. The standard InChI is InChI=1S/C11H18ClN3O2S2/c1-15(7-8-11(12)18-14-13-8)9-5-3-4-6-10(9)19(2,16)17/h9-10H,3-7H2,1-2H3/t9-,10-/m1/s1. The molecule has 108 valence electrons. The predicted octanol–water partition coefficient (Wildman–Crippen LogP) is 1.98. The highest BCUT2D eigenvalue weighted by molar-refractivity contribution is 7.91. The molecule has 0 amide bonds. The second-order valence-corrected chi connectivity index (χ2v) is 8.75. The summed E-state index contributed by atoms with van der Waals surface area (Å²) in [7, 11) is -1.08. The summed E-state index contributed by atoms with van der Waals surface area (Å²) in [5.41, 5.74) is 0.729. The minimum Gasteiger partial charge on any atom is -0.296 e. The molecule has 0 aliphatic heterocycles. The summed E-state index contributed by atoms with van der Waals surface area (Å²) in [5.74, 6) is 0. The molecule has 0 bridgehead atoms. The quantitative estimate of drug-likeness (QED) is 0.847. The van der Waals surface area contributed by atoms with Crippen LogP contribution in [0.4, 0.5) is 0 Å².